The van der Waals surface area contributed by atoms with Crippen LogP contribution >= 0.6 is 22.9 Å². The Kier molecular flexibility index (Phi) is 6.95. The van der Waals surface area contributed by atoms with Gasteiger partial charge in [0.15, 0.2) is 9.84 Å². The van der Waals surface area contributed by atoms with Gasteiger partial charge in [0, 0.05) is 16.4 Å². The molecule has 1 aromatic heterocycles. The second-order valence-corrected chi connectivity index (χ2v) is 9.88. The van der Waals surface area contributed by atoms with Crippen LogP contribution in [-0.4, -0.2) is 28.0 Å². The molecule has 0 aliphatic carbocycles. The number of hydrogen-bond donors (Lipinski definition) is 1. The standard InChI is InChI=1S/C21H20ClNO4S2/c1-27-17-8-10-18(11-9-17)29(25,26)20(19-3-2-12-28-19)14-23-21(24)13-15-4-6-16(22)7-5-15/h2-12,20H,13-14H2,1H3,(H,23,24)/t20-/m1/s1. The summed E-state index contributed by atoms with van der Waals surface area (Å²) in [6, 6.07) is 16.8. The van der Waals surface area contributed by atoms with Crippen LogP contribution in [0.15, 0.2) is 70.9 Å². The number of methoxy groups -OCH3 is 1. The summed E-state index contributed by atoms with van der Waals surface area (Å²) in [5.74, 6) is 0.326. The van der Waals surface area contributed by atoms with Crippen molar-refractivity contribution >= 4 is 38.7 Å². The summed E-state index contributed by atoms with van der Waals surface area (Å²) < 4.78 is 31.6. The smallest absolute Gasteiger partial charge is 0.224 e. The largest absolute Gasteiger partial charge is 0.497 e. The van der Waals surface area contributed by atoms with E-state index in [1.807, 2.05) is 5.38 Å². The van der Waals surface area contributed by atoms with Gasteiger partial charge in [-0.15, -0.1) is 11.3 Å². The SMILES string of the molecule is COc1ccc(S(=O)(=O)[C@H](CNC(=O)Cc2ccc(Cl)cc2)c2cccs2)cc1. The second-order valence-electron chi connectivity index (χ2n) is 6.33. The molecule has 3 aromatic rings. The Morgan fingerprint density at radius 1 is 1.10 bits per heavy atom. The lowest BCUT2D eigenvalue weighted by Gasteiger charge is -2.18. The van der Waals surface area contributed by atoms with Crippen LogP contribution < -0.4 is 10.1 Å². The molecule has 0 aliphatic heterocycles. The molecule has 0 fully saturated rings. The van der Waals surface area contributed by atoms with E-state index in [9.17, 15) is 13.2 Å². The average Bonchev–Trinajstić information content (AvgIpc) is 3.24. The van der Waals surface area contributed by atoms with Gasteiger partial charge in [-0.05, 0) is 53.4 Å². The molecule has 0 spiro atoms. The lowest BCUT2D eigenvalue weighted by Crippen LogP contribution is -2.32. The monoisotopic (exact) mass is 449 g/mol. The molecule has 5 nitrogen and oxygen atoms in total. The van der Waals surface area contributed by atoms with E-state index in [0.29, 0.717) is 15.6 Å². The van der Waals surface area contributed by atoms with E-state index in [1.165, 1.54) is 30.6 Å². The number of sulfone groups is 1. The minimum absolute atomic E-state index is 0.0126. The van der Waals surface area contributed by atoms with E-state index in [-0.39, 0.29) is 23.8 Å². The van der Waals surface area contributed by atoms with Crippen molar-refractivity contribution in [1.82, 2.24) is 5.32 Å². The first-order chi connectivity index (χ1) is 13.9. The zero-order valence-electron chi connectivity index (χ0n) is 15.7. The number of thiophene rings is 1. The number of nitrogens with one attached hydrogen (secondary N) is 1. The van der Waals surface area contributed by atoms with E-state index < -0.39 is 15.1 Å². The number of ether oxygens (including phenoxy) is 1. The highest BCUT2D eigenvalue weighted by Crippen LogP contribution is 2.32. The third kappa shape index (κ3) is 5.38. The number of hydrogen-bond acceptors (Lipinski definition) is 5. The molecule has 152 valence electrons. The molecule has 1 amide bonds. The van der Waals surface area contributed by atoms with Gasteiger partial charge >= 0.3 is 0 Å². The van der Waals surface area contributed by atoms with Crippen molar-refractivity contribution in [3.63, 3.8) is 0 Å². The third-order valence-electron chi connectivity index (χ3n) is 4.39. The molecular formula is C21H20ClNO4S2. The van der Waals surface area contributed by atoms with Gasteiger partial charge in [0.1, 0.15) is 11.0 Å². The van der Waals surface area contributed by atoms with Crippen LogP contribution in [0.2, 0.25) is 5.02 Å². The van der Waals surface area contributed by atoms with E-state index in [2.05, 4.69) is 5.32 Å². The van der Waals surface area contributed by atoms with E-state index in [0.717, 1.165) is 5.56 Å². The van der Waals surface area contributed by atoms with Gasteiger partial charge < -0.3 is 10.1 Å². The lowest BCUT2D eigenvalue weighted by molar-refractivity contribution is -0.120. The molecule has 0 unspecified atom stereocenters. The number of carbonyl (C=O) groups is 1. The minimum Gasteiger partial charge on any atom is -0.497 e. The van der Waals surface area contributed by atoms with Crippen molar-refractivity contribution in [3.05, 3.63) is 81.5 Å². The van der Waals surface area contributed by atoms with Crippen LogP contribution in [0.4, 0.5) is 0 Å². The summed E-state index contributed by atoms with van der Waals surface area (Å²) in [7, 11) is -2.18. The molecule has 1 heterocycles. The van der Waals surface area contributed by atoms with E-state index in [4.69, 9.17) is 16.3 Å². The number of halogens is 1. The summed E-state index contributed by atoms with van der Waals surface area (Å²) in [5, 5.41) is 4.31. The quantitative estimate of drug-likeness (QED) is 0.557. The molecular weight excluding hydrogens is 430 g/mol. The fraction of sp³-hybridized carbons (Fsp3) is 0.190. The Balaban J connectivity index is 1.76. The fourth-order valence-corrected chi connectivity index (χ4v) is 5.73. The Morgan fingerprint density at radius 2 is 1.79 bits per heavy atom. The number of rotatable bonds is 8. The molecule has 0 saturated carbocycles. The molecule has 0 radical (unpaired) electrons. The maximum absolute atomic E-state index is 13.2. The van der Waals surface area contributed by atoms with Crippen molar-refractivity contribution in [3.8, 4) is 5.75 Å². The lowest BCUT2D eigenvalue weighted by atomic mass is 10.1. The Hall–Kier alpha value is -2.35. The first-order valence-electron chi connectivity index (χ1n) is 8.82. The van der Waals surface area contributed by atoms with E-state index >= 15 is 0 Å². The van der Waals surface area contributed by atoms with Gasteiger partial charge in [-0.1, -0.05) is 29.8 Å². The Labute approximate surface area is 179 Å². The molecule has 0 aliphatic rings. The first kappa shape index (κ1) is 21.4. The van der Waals surface area contributed by atoms with Crippen LogP contribution in [0.1, 0.15) is 15.7 Å². The van der Waals surface area contributed by atoms with Crippen LogP contribution in [0.5, 0.6) is 5.75 Å². The summed E-state index contributed by atoms with van der Waals surface area (Å²) in [6.45, 7) is -0.0126. The van der Waals surface area contributed by atoms with Gasteiger partial charge in [0.05, 0.1) is 18.4 Å². The fourth-order valence-electron chi connectivity index (χ4n) is 2.82. The first-order valence-corrected chi connectivity index (χ1v) is 11.6. The molecule has 8 heteroatoms. The van der Waals surface area contributed by atoms with Gasteiger partial charge in [0.25, 0.3) is 0 Å². The molecule has 29 heavy (non-hydrogen) atoms. The molecule has 0 saturated heterocycles. The molecule has 3 rings (SSSR count). The highest BCUT2D eigenvalue weighted by Gasteiger charge is 2.30. The summed E-state index contributed by atoms with van der Waals surface area (Å²) in [5.41, 5.74) is 0.803. The highest BCUT2D eigenvalue weighted by atomic mass is 35.5. The van der Waals surface area contributed by atoms with Gasteiger partial charge in [-0.25, -0.2) is 8.42 Å². The van der Waals surface area contributed by atoms with Gasteiger partial charge in [-0.2, -0.15) is 0 Å². The average molecular weight is 450 g/mol. The highest BCUT2D eigenvalue weighted by molar-refractivity contribution is 7.91. The van der Waals surface area contributed by atoms with Crippen LogP contribution in [0.3, 0.4) is 0 Å². The van der Waals surface area contributed by atoms with Gasteiger partial charge in [0.2, 0.25) is 5.91 Å². The molecule has 1 atom stereocenters. The van der Waals surface area contributed by atoms with Crippen LogP contribution in [0.25, 0.3) is 0 Å². The number of carbonyl (C=O) groups excluding carboxylic acids is 1. The Bertz CT molecular complexity index is 1050. The predicted molar refractivity (Wildman–Crippen MR) is 115 cm³/mol. The molecule has 1 N–H and O–H groups in total. The zero-order valence-corrected chi connectivity index (χ0v) is 18.1. The van der Waals surface area contributed by atoms with Gasteiger partial charge in [-0.3, -0.25) is 4.79 Å². The second kappa shape index (κ2) is 9.43. The summed E-state index contributed by atoms with van der Waals surface area (Å²) in [4.78, 5) is 13.2. The van der Waals surface area contributed by atoms with Crippen molar-refractivity contribution in [2.45, 2.75) is 16.6 Å². The van der Waals surface area contributed by atoms with Crippen molar-refractivity contribution in [2.75, 3.05) is 13.7 Å². The normalized spacial score (nSPS) is 12.3. The minimum atomic E-state index is -3.70. The molecule has 2 aromatic carbocycles. The maximum atomic E-state index is 13.2. The van der Waals surface area contributed by atoms with E-state index in [1.54, 1.807) is 48.5 Å². The predicted octanol–water partition coefficient (Wildman–Crippen LogP) is 4.28. The number of benzene rings is 2. The van der Waals surface area contributed by atoms with Crippen LogP contribution in [0, 0.1) is 0 Å². The van der Waals surface area contributed by atoms with Crippen molar-refractivity contribution in [1.29, 1.82) is 0 Å². The van der Waals surface area contributed by atoms with Crippen molar-refractivity contribution in [2.24, 2.45) is 0 Å². The van der Waals surface area contributed by atoms with Crippen LogP contribution in [-0.2, 0) is 21.1 Å². The molecule has 0 bridgehead atoms. The Morgan fingerprint density at radius 3 is 2.38 bits per heavy atom. The maximum Gasteiger partial charge on any atom is 0.224 e. The van der Waals surface area contributed by atoms with Crippen molar-refractivity contribution < 1.29 is 17.9 Å². The topological polar surface area (TPSA) is 72.5 Å². The summed E-state index contributed by atoms with van der Waals surface area (Å²) in [6.07, 6.45) is 0.150. The summed E-state index contributed by atoms with van der Waals surface area (Å²) >= 11 is 7.21. The third-order valence-corrected chi connectivity index (χ3v) is 7.87. The number of amides is 1. The zero-order chi connectivity index (χ0) is 20.9.